The zero-order chi connectivity index (χ0) is 12.9. The number of aliphatic hydroxyl groups is 1. The highest BCUT2D eigenvalue weighted by Crippen LogP contribution is 2.62. The van der Waals surface area contributed by atoms with Gasteiger partial charge in [0.25, 0.3) is 0 Å². The fourth-order valence-electron chi connectivity index (χ4n) is 4.10. The Morgan fingerprint density at radius 2 is 2.17 bits per heavy atom. The van der Waals surface area contributed by atoms with Gasteiger partial charge in [0.15, 0.2) is 0 Å². The van der Waals surface area contributed by atoms with Gasteiger partial charge in [-0.3, -0.25) is 4.79 Å². The molecule has 0 aliphatic heterocycles. The highest BCUT2D eigenvalue weighted by Gasteiger charge is 2.57. The van der Waals surface area contributed by atoms with Gasteiger partial charge in [-0.1, -0.05) is 19.4 Å². The molecule has 4 bridgehead atoms. The van der Waals surface area contributed by atoms with Crippen LogP contribution >= 0.6 is 0 Å². The highest BCUT2D eigenvalue weighted by molar-refractivity contribution is 5.72. The van der Waals surface area contributed by atoms with E-state index >= 15 is 0 Å². The molecule has 3 unspecified atom stereocenters. The van der Waals surface area contributed by atoms with Crippen LogP contribution in [-0.2, 0) is 9.53 Å². The maximum Gasteiger partial charge on any atom is 0.309 e. The Morgan fingerprint density at radius 3 is 2.72 bits per heavy atom. The van der Waals surface area contributed by atoms with Crippen molar-refractivity contribution in [2.75, 3.05) is 6.61 Å². The van der Waals surface area contributed by atoms with E-state index in [9.17, 15) is 9.90 Å². The summed E-state index contributed by atoms with van der Waals surface area (Å²) < 4.78 is 5.87. The predicted molar refractivity (Wildman–Crippen MR) is 67.8 cm³/mol. The molecular formula is C15H22O3. The van der Waals surface area contributed by atoms with Gasteiger partial charge >= 0.3 is 5.97 Å². The maximum absolute atomic E-state index is 12.0. The molecule has 0 spiro atoms. The van der Waals surface area contributed by atoms with Crippen molar-refractivity contribution in [1.29, 1.82) is 0 Å². The highest BCUT2D eigenvalue weighted by atomic mass is 16.6. The molecule has 0 aromatic carbocycles. The summed E-state index contributed by atoms with van der Waals surface area (Å²) in [6, 6.07) is 0. The molecule has 1 N–H and O–H groups in total. The number of esters is 1. The predicted octanol–water partition coefficient (Wildman–Crippen LogP) is 2.44. The lowest BCUT2D eigenvalue weighted by Crippen LogP contribution is -2.55. The molecule has 5 aliphatic rings. The van der Waals surface area contributed by atoms with Crippen molar-refractivity contribution in [3.05, 3.63) is 11.1 Å². The normalized spacial score (nSPS) is 38.4. The maximum atomic E-state index is 12.0. The number of hydrogen-bond donors (Lipinski definition) is 1. The first-order chi connectivity index (χ1) is 8.58. The average Bonchev–Trinajstić information content (AvgIpc) is 2.36. The number of hydrogen-bond acceptors (Lipinski definition) is 3. The lowest BCUT2D eigenvalue weighted by atomic mass is 9.50. The fourth-order valence-corrected chi connectivity index (χ4v) is 4.10. The van der Waals surface area contributed by atoms with Gasteiger partial charge in [-0.05, 0) is 43.1 Å². The Balaban J connectivity index is 1.78. The van der Waals surface area contributed by atoms with Crippen LogP contribution in [0.1, 0.15) is 46.0 Å². The largest absolute Gasteiger partial charge is 0.458 e. The molecular weight excluding hydrogens is 228 g/mol. The molecule has 3 saturated carbocycles. The summed E-state index contributed by atoms with van der Waals surface area (Å²) in [5, 5.41) is 9.46. The minimum atomic E-state index is -0.284. The standard InChI is InChI=1S/C15H22O3/c1-3-9(2)14(17)18-15-5-10-4-11(6-15)13(10)12(7-15)8-16/h9-11,16H,3-8H2,1-2H3. The van der Waals surface area contributed by atoms with E-state index in [0.29, 0.717) is 11.8 Å². The van der Waals surface area contributed by atoms with E-state index in [4.69, 9.17) is 4.74 Å². The first-order valence-corrected chi connectivity index (χ1v) is 7.14. The molecule has 5 rings (SSSR count). The van der Waals surface area contributed by atoms with Crippen molar-refractivity contribution >= 4 is 5.97 Å². The third kappa shape index (κ3) is 1.63. The fraction of sp³-hybridized carbons (Fsp3) is 0.800. The van der Waals surface area contributed by atoms with Crippen LogP contribution in [0.3, 0.4) is 0 Å². The quantitative estimate of drug-likeness (QED) is 0.615. The summed E-state index contributed by atoms with van der Waals surface area (Å²) in [4.78, 5) is 12.0. The zero-order valence-electron chi connectivity index (χ0n) is 11.2. The molecule has 0 amide bonds. The summed E-state index contributed by atoms with van der Waals surface area (Å²) in [5.74, 6) is 1.11. The molecule has 0 aromatic heterocycles. The van der Waals surface area contributed by atoms with Gasteiger partial charge < -0.3 is 9.84 Å². The third-order valence-electron chi connectivity index (χ3n) is 5.15. The van der Waals surface area contributed by atoms with E-state index in [1.54, 1.807) is 0 Å². The van der Waals surface area contributed by atoms with Crippen LogP contribution < -0.4 is 0 Å². The number of rotatable bonds is 4. The van der Waals surface area contributed by atoms with Gasteiger partial charge in [0, 0.05) is 6.42 Å². The lowest BCUT2D eigenvalue weighted by Gasteiger charge is -2.58. The van der Waals surface area contributed by atoms with Gasteiger partial charge in [0.05, 0.1) is 12.5 Å². The van der Waals surface area contributed by atoms with Crippen molar-refractivity contribution < 1.29 is 14.6 Å². The van der Waals surface area contributed by atoms with Crippen LogP contribution in [0, 0.1) is 17.8 Å². The van der Waals surface area contributed by atoms with E-state index in [0.717, 1.165) is 31.3 Å². The molecule has 3 atom stereocenters. The average molecular weight is 250 g/mol. The Morgan fingerprint density at radius 1 is 1.50 bits per heavy atom. The van der Waals surface area contributed by atoms with Gasteiger partial charge in [0.1, 0.15) is 5.60 Å². The summed E-state index contributed by atoms with van der Waals surface area (Å²) in [6.45, 7) is 4.09. The Labute approximate surface area is 108 Å². The minimum absolute atomic E-state index is 0.0134. The van der Waals surface area contributed by atoms with E-state index in [1.165, 1.54) is 12.0 Å². The van der Waals surface area contributed by atoms with Crippen molar-refractivity contribution in [3.63, 3.8) is 0 Å². The van der Waals surface area contributed by atoms with Crippen LogP contribution in [0.15, 0.2) is 11.1 Å². The second-order valence-corrected chi connectivity index (χ2v) is 6.34. The molecule has 3 heteroatoms. The topological polar surface area (TPSA) is 46.5 Å². The molecule has 0 heterocycles. The Bertz CT molecular complexity index is 396. The number of carbonyl (C=O) groups excluding carboxylic acids is 1. The van der Waals surface area contributed by atoms with Crippen molar-refractivity contribution in [2.24, 2.45) is 17.8 Å². The number of ether oxygens (including phenoxy) is 1. The van der Waals surface area contributed by atoms with Gasteiger partial charge in [-0.2, -0.15) is 0 Å². The first-order valence-electron chi connectivity index (χ1n) is 7.14. The van der Waals surface area contributed by atoms with Crippen molar-refractivity contribution in [1.82, 2.24) is 0 Å². The minimum Gasteiger partial charge on any atom is -0.458 e. The van der Waals surface area contributed by atoms with E-state index in [2.05, 4.69) is 0 Å². The molecule has 0 saturated heterocycles. The number of carbonyl (C=O) groups is 1. The van der Waals surface area contributed by atoms with Crippen LogP contribution in [-0.4, -0.2) is 23.3 Å². The second-order valence-electron chi connectivity index (χ2n) is 6.34. The monoisotopic (exact) mass is 250 g/mol. The van der Waals surface area contributed by atoms with Gasteiger partial charge in [0.2, 0.25) is 0 Å². The zero-order valence-corrected chi connectivity index (χ0v) is 11.2. The molecule has 18 heavy (non-hydrogen) atoms. The van der Waals surface area contributed by atoms with Gasteiger partial charge in [-0.15, -0.1) is 0 Å². The smallest absolute Gasteiger partial charge is 0.309 e. The molecule has 0 aromatic rings. The van der Waals surface area contributed by atoms with Crippen molar-refractivity contribution in [2.45, 2.75) is 51.6 Å². The second kappa shape index (κ2) is 4.09. The Hall–Kier alpha value is -0.830. The van der Waals surface area contributed by atoms with Crippen molar-refractivity contribution in [3.8, 4) is 0 Å². The van der Waals surface area contributed by atoms with Crippen LogP contribution in [0.25, 0.3) is 0 Å². The van der Waals surface area contributed by atoms with E-state index in [-0.39, 0.29) is 24.1 Å². The summed E-state index contributed by atoms with van der Waals surface area (Å²) in [6.07, 6.45) is 4.82. The summed E-state index contributed by atoms with van der Waals surface area (Å²) >= 11 is 0. The van der Waals surface area contributed by atoms with Crippen LogP contribution in [0.5, 0.6) is 0 Å². The summed E-state index contributed by atoms with van der Waals surface area (Å²) in [7, 11) is 0. The number of allylic oxidation sites excluding steroid dienone is 1. The SMILES string of the molecule is CCC(C)C(=O)OC12CC(CO)=C3C(CC3C1)C2. The number of aliphatic hydroxyl groups excluding tert-OH is 1. The van der Waals surface area contributed by atoms with Crippen LogP contribution in [0.2, 0.25) is 0 Å². The van der Waals surface area contributed by atoms with E-state index < -0.39 is 0 Å². The Kier molecular flexibility index (Phi) is 2.77. The molecule has 0 radical (unpaired) electrons. The summed E-state index contributed by atoms with van der Waals surface area (Å²) in [5.41, 5.74) is 2.37. The molecule has 3 nitrogen and oxygen atoms in total. The third-order valence-corrected chi connectivity index (χ3v) is 5.15. The molecule has 100 valence electrons. The molecule has 5 aliphatic carbocycles. The lowest BCUT2D eigenvalue weighted by molar-refractivity contribution is -0.177. The van der Waals surface area contributed by atoms with E-state index in [1.807, 2.05) is 13.8 Å². The first kappa shape index (κ1) is 12.2. The molecule has 3 fully saturated rings. The van der Waals surface area contributed by atoms with Crippen LogP contribution in [0.4, 0.5) is 0 Å². The van der Waals surface area contributed by atoms with Gasteiger partial charge in [-0.25, -0.2) is 0 Å². The number of fused-ring (bicyclic) bond motifs is 1.